The highest BCUT2D eigenvalue weighted by atomic mass is 19.4. The normalized spacial score (nSPS) is 11.6. The minimum Gasteiger partial charge on any atom is -0.375 e. The van der Waals surface area contributed by atoms with Crippen molar-refractivity contribution in [2.75, 3.05) is 18.5 Å². The Morgan fingerprint density at radius 1 is 1.12 bits per heavy atom. The zero-order valence-corrected chi connectivity index (χ0v) is 9.73. The van der Waals surface area contributed by atoms with Gasteiger partial charge >= 0.3 is 6.18 Å². The molecule has 0 heterocycles. The molecular weight excluding hydrogens is 215 g/mol. The van der Waals surface area contributed by atoms with E-state index < -0.39 is 11.7 Å². The maximum absolute atomic E-state index is 12.6. The van der Waals surface area contributed by atoms with E-state index in [0.29, 0.717) is 24.2 Å². The average molecular weight is 231 g/mol. The lowest BCUT2D eigenvalue weighted by Crippen LogP contribution is -2.17. The maximum Gasteiger partial charge on any atom is 0.416 e. The number of nitrogens with zero attached hydrogens (tertiary/aromatic N) is 1. The van der Waals surface area contributed by atoms with Crippen LogP contribution in [0.2, 0.25) is 0 Å². The monoisotopic (exact) mass is 231 g/mol. The van der Waals surface area contributed by atoms with Crippen molar-refractivity contribution in [3.05, 3.63) is 29.3 Å². The lowest BCUT2D eigenvalue weighted by atomic mass is 10.1. The van der Waals surface area contributed by atoms with E-state index in [4.69, 9.17) is 0 Å². The second-order valence-corrected chi connectivity index (χ2v) is 3.75. The van der Waals surface area contributed by atoms with E-state index in [1.54, 1.807) is 18.0 Å². The van der Waals surface area contributed by atoms with E-state index in [2.05, 4.69) is 0 Å². The Hall–Kier alpha value is -1.19. The smallest absolute Gasteiger partial charge is 0.375 e. The zero-order chi connectivity index (χ0) is 12.3. The lowest BCUT2D eigenvalue weighted by molar-refractivity contribution is -0.137. The number of aryl methyl sites for hydroxylation is 1. The molecule has 90 valence electrons. The Bertz CT molecular complexity index is 358. The molecule has 4 heteroatoms. The van der Waals surface area contributed by atoms with Crippen LogP contribution in [0.5, 0.6) is 0 Å². The Morgan fingerprint density at radius 3 is 2.19 bits per heavy atom. The highest BCUT2D eigenvalue weighted by Crippen LogP contribution is 2.32. The van der Waals surface area contributed by atoms with Gasteiger partial charge in [-0.1, -0.05) is 6.92 Å². The SMILES string of the molecule is CCc1cc(N(C)CC)cc(C(F)(F)F)c1. The van der Waals surface area contributed by atoms with Gasteiger partial charge in [0.15, 0.2) is 0 Å². The predicted molar refractivity (Wildman–Crippen MR) is 59.8 cm³/mol. The van der Waals surface area contributed by atoms with E-state index in [9.17, 15) is 13.2 Å². The first-order chi connectivity index (χ1) is 7.38. The standard InChI is InChI=1S/C12H16F3N/c1-4-9-6-10(12(13,14)15)8-11(7-9)16(3)5-2/h6-8H,4-5H2,1-3H3. The van der Waals surface area contributed by atoms with Crippen LogP contribution in [0.15, 0.2) is 18.2 Å². The number of hydrogen-bond donors (Lipinski definition) is 0. The summed E-state index contributed by atoms with van der Waals surface area (Å²) in [5, 5.41) is 0. The van der Waals surface area contributed by atoms with Gasteiger partial charge in [-0.3, -0.25) is 0 Å². The van der Waals surface area contributed by atoms with Crippen LogP contribution in [0.25, 0.3) is 0 Å². The fourth-order valence-corrected chi connectivity index (χ4v) is 1.44. The van der Waals surface area contributed by atoms with Crippen molar-refractivity contribution in [1.29, 1.82) is 0 Å². The third-order valence-electron chi connectivity index (χ3n) is 2.63. The van der Waals surface area contributed by atoms with Crippen LogP contribution in [-0.2, 0) is 12.6 Å². The number of alkyl halides is 3. The molecule has 0 N–H and O–H groups in total. The van der Waals surface area contributed by atoms with Crippen LogP contribution in [0.4, 0.5) is 18.9 Å². The molecule has 1 aromatic carbocycles. The van der Waals surface area contributed by atoms with Crippen LogP contribution >= 0.6 is 0 Å². The topological polar surface area (TPSA) is 3.24 Å². The van der Waals surface area contributed by atoms with Crippen molar-refractivity contribution in [3.8, 4) is 0 Å². The molecule has 1 rings (SSSR count). The quantitative estimate of drug-likeness (QED) is 0.766. The van der Waals surface area contributed by atoms with Crippen molar-refractivity contribution in [3.63, 3.8) is 0 Å². The highest BCUT2D eigenvalue weighted by Gasteiger charge is 2.31. The van der Waals surface area contributed by atoms with Gasteiger partial charge in [-0.15, -0.1) is 0 Å². The third-order valence-corrected chi connectivity index (χ3v) is 2.63. The molecule has 0 saturated heterocycles. The van der Waals surface area contributed by atoms with Crippen molar-refractivity contribution in [1.82, 2.24) is 0 Å². The predicted octanol–water partition coefficient (Wildman–Crippen LogP) is 3.72. The summed E-state index contributed by atoms with van der Waals surface area (Å²) in [5.74, 6) is 0. The molecule has 1 nitrogen and oxygen atoms in total. The summed E-state index contributed by atoms with van der Waals surface area (Å²) < 4.78 is 37.9. The van der Waals surface area contributed by atoms with Gasteiger partial charge in [0.2, 0.25) is 0 Å². The van der Waals surface area contributed by atoms with Gasteiger partial charge in [-0.05, 0) is 37.1 Å². The van der Waals surface area contributed by atoms with Gasteiger partial charge in [-0.2, -0.15) is 13.2 Å². The minimum absolute atomic E-state index is 0.567. The molecule has 0 radical (unpaired) electrons. The summed E-state index contributed by atoms with van der Waals surface area (Å²) in [6, 6.07) is 4.22. The summed E-state index contributed by atoms with van der Waals surface area (Å²) in [6.45, 7) is 4.45. The molecule has 0 aliphatic carbocycles. The van der Waals surface area contributed by atoms with Crippen LogP contribution in [0.1, 0.15) is 25.0 Å². The van der Waals surface area contributed by atoms with Gasteiger partial charge in [0.1, 0.15) is 0 Å². The number of anilines is 1. The minimum atomic E-state index is -4.27. The summed E-state index contributed by atoms with van der Waals surface area (Å²) in [6.07, 6.45) is -3.66. The molecule has 0 atom stereocenters. The highest BCUT2D eigenvalue weighted by molar-refractivity contribution is 5.51. The molecule has 1 aromatic rings. The van der Waals surface area contributed by atoms with Crippen LogP contribution in [0, 0.1) is 0 Å². The van der Waals surface area contributed by atoms with E-state index in [0.717, 1.165) is 0 Å². The number of benzene rings is 1. The van der Waals surface area contributed by atoms with E-state index in [1.165, 1.54) is 12.1 Å². The first-order valence-corrected chi connectivity index (χ1v) is 5.30. The molecule has 0 saturated carbocycles. The Labute approximate surface area is 93.9 Å². The Kier molecular flexibility index (Phi) is 3.83. The van der Waals surface area contributed by atoms with Gasteiger partial charge in [0.05, 0.1) is 5.56 Å². The van der Waals surface area contributed by atoms with E-state index >= 15 is 0 Å². The fraction of sp³-hybridized carbons (Fsp3) is 0.500. The molecule has 0 bridgehead atoms. The first kappa shape index (κ1) is 12.9. The van der Waals surface area contributed by atoms with Gasteiger partial charge < -0.3 is 4.90 Å². The van der Waals surface area contributed by atoms with Crippen molar-refractivity contribution < 1.29 is 13.2 Å². The molecule has 16 heavy (non-hydrogen) atoms. The van der Waals surface area contributed by atoms with Crippen molar-refractivity contribution in [2.45, 2.75) is 26.4 Å². The van der Waals surface area contributed by atoms with E-state index in [1.807, 2.05) is 13.8 Å². The van der Waals surface area contributed by atoms with Crippen molar-refractivity contribution in [2.24, 2.45) is 0 Å². The molecule has 0 aliphatic heterocycles. The molecule has 0 aliphatic rings. The largest absolute Gasteiger partial charge is 0.416 e. The third kappa shape index (κ3) is 2.90. The van der Waals surface area contributed by atoms with Crippen molar-refractivity contribution >= 4 is 5.69 Å². The van der Waals surface area contributed by atoms with Gasteiger partial charge in [0, 0.05) is 19.3 Å². The Balaban J connectivity index is 3.21. The molecule has 0 unspecified atom stereocenters. The van der Waals surface area contributed by atoms with Gasteiger partial charge in [0.25, 0.3) is 0 Å². The summed E-state index contributed by atoms with van der Waals surface area (Å²) in [5.41, 5.74) is 0.765. The lowest BCUT2D eigenvalue weighted by Gasteiger charge is -2.19. The number of halogens is 3. The second-order valence-electron chi connectivity index (χ2n) is 3.75. The molecule has 0 fully saturated rings. The average Bonchev–Trinajstić information content (AvgIpc) is 2.26. The van der Waals surface area contributed by atoms with Crippen LogP contribution in [0.3, 0.4) is 0 Å². The van der Waals surface area contributed by atoms with E-state index in [-0.39, 0.29) is 0 Å². The molecular formula is C12H16F3N. The molecule has 0 spiro atoms. The second kappa shape index (κ2) is 4.76. The molecule has 0 amide bonds. The summed E-state index contributed by atoms with van der Waals surface area (Å²) in [4.78, 5) is 1.80. The summed E-state index contributed by atoms with van der Waals surface area (Å²) in [7, 11) is 1.79. The molecule has 0 aromatic heterocycles. The number of hydrogen-bond acceptors (Lipinski definition) is 1. The van der Waals surface area contributed by atoms with Crippen LogP contribution in [-0.4, -0.2) is 13.6 Å². The first-order valence-electron chi connectivity index (χ1n) is 5.30. The maximum atomic E-state index is 12.6. The zero-order valence-electron chi connectivity index (χ0n) is 9.73. The Morgan fingerprint density at radius 2 is 1.75 bits per heavy atom. The van der Waals surface area contributed by atoms with Crippen LogP contribution < -0.4 is 4.90 Å². The van der Waals surface area contributed by atoms with Gasteiger partial charge in [-0.25, -0.2) is 0 Å². The fourth-order valence-electron chi connectivity index (χ4n) is 1.44. The summed E-state index contributed by atoms with van der Waals surface area (Å²) >= 11 is 0. The number of rotatable bonds is 3.